The maximum Gasteiger partial charge on any atom is 0.197 e. The fourth-order valence-corrected chi connectivity index (χ4v) is 4.29. The van der Waals surface area contributed by atoms with Crippen LogP contribution in [-0.4, -0.2) is 27.9 Å². The molecule has 2 atom stereocenters. The molecule has 0 amide bonds. The van der Waals surface area contributed by atoms with E-state index in [0.29, 0.717) is 11.7 Å². The van der Waals surface area contributed by atoms with Gasteiger partial charge in [0, 0.05) is 31.3 Å². The maximum absolute atomic E-state index is 9.15. The quantitative estimate of drug-likeness (QED) is 0.759. The largest absolute Gasteiger partial charge is 0.296 e. The minimum absolute atomic E-state index is 0.474. The summed E-state index contributed by atoms with van der Waals surface area (Å²) < 4.78 is 0. The van der Waals surface area contributed by atoms with Crippen LogP contribution in [0.2, 0.25) is 0 Å². The summed E-state index contributed by atoms with van der Waals surface area (Å²) in [6.45, 7) is 2.11. The molecule has 0 spiro atoms. The number of fused-ring (bicyclic) bond motifs is 2. The van der Waals surface area contributed by atoms with Crippen molar-refractivity contribution in [3.8, 4) is 0 Å². The van der Waals surface area contributed by atoms with Gasteiger partial charge in [0.25, 0.3) is 0 Å². The summed E-state index contributed by atoms with van der Waals surface area (Å²) in [4.78, 5) is 2.63. The van der Waals surface area contributed by atoms with Gasteiger partial charge in [-0.05, 0) is 53.5 Å². The zero-order chi connectivity index (χ0) is 16.5. The number of hydrogen-bond acceptors (Lipinski definition) is 3. The molecule has 2 aromatic rings. The van der Waals surface area contributed by atoms with E-state index in [2.05, 4.69) is 29.2 Å². The Labute approximate surface area is 142 Å². The summed E-state index contributed by atoms with van der Waals surface area (Å²) >= 11 is 0. The zero-order valence-corrected chi connectivity index (χ0v) is 13.9. The van der Waals surface area contributed by atoms with Crippen LogP contribution in [0.3, 0.4) is 0 Å². The summed E-state index contributed by atoms with van der Waals surface area (Å²) in [5, 5.41) is 17.7. The number of nitrogens with one attached hydrogen (secondary N) is 1. The van der Waals surface area contributed by atoms with Crippen LogP contribution in [0.15, 0.2) is 48.5 Å². The van der Waals surface area contributed by atoms with E-state index >= 15 is 0 Å². The van der Waals surface area contributed by atoms with Crippen molar-refractivity contribution in [2.45, 2.75) is 38.3 Å². The van der Waals surface area contributed by atoms with Crippen molar-refractivity contribution in [1.29, 1.82) is 0 Å². The first-order valence-electron chi connectivity index (χ1n) is 8.84. The monoisotopic (exact) mass is 325 g/mol. The summed E-state index contributed by atoms with van der Waals surface area (Å²) in [6, 6.07) is 17.1. The molecular weight excluding hydrogens is 300 g/mol. The SMILES string of the molecule is O[NH+](O)c1ccc(CN2C[C@@H]3CC[C@H]2Cc2ccccc2C3)cc1. The molecule has 1 fully saturated rings. The highest BCUT2D eigenvalue weighted by molar-refractivity contribution is 5.32. The Morgan fingerprint density at radius 3 is 2.33 bits per heavy atom. The molecule has 4 nitrogen and oxygen atoms in total. The van der Waals surface area contributed by atoms with E-state index in [4.69, 9.17) is 10.4 Å². The van der Waals surface area contributed by atoms with Gasteiger partial charge in [0.15, 0.2) is 5.69 Å². The maximum atomic E-state index is 9.15. The molecule has 0 saturated carbocycles. The number of benzene rings is 2. The Balaban J connectivity index is 1.52. The lowest BCUT2D eigenvalue weighted by Crippen LogP contribution is -3.01. The van der Waals surface area contributed by atoms with Gasteiger partial charge < -0.3 is 0 Å². The Kier molecular flexibility index (Phi) is 4.37. The number of quaternary nitrogens is 1. The third-order valence-corrected chi connectivity index (χ3v) is 5.60. The first-order valence-corrected chi connectivity index (χ1v) is 8.84. The molecule has 2 aromatic carbocycles. The molecule has 3 aliphatic rings. The first-order chi connectivity index (χ1) is 11.7. The van der Waals surface area contributed by atoms with Crippen molar-refractivity contribution in [1.82, 2.24) is 4.90 Å². The molecule has 0 unspecified atom stereocenters. The van der Waals surface area contributed by atoms with Crippen molar-refractivity contribution in [3.63, 3.8) is 0 Å². The second kappa shape index (κ2) is 6.65. The van der Waals surface area contributed by atoms with Gasteiger partial charge in [-0.1, -0.05) is 36.4 Å². The molecule has 1 saturated heterocycles. The van der Waals surface area contributed by atoms with Crippen LogP contribution < -0.4 is 5.23 Å². The molecule has 4 heteroatoms. The lowest BCUT2D eigenvalue weighted by Gasteiger charge is -2.42. The number of piperidine rings is 1. The van der Waals surface area contributed by atoms with E-state index in [1.165, 1.54) is 30.4 Å². The molecule has 126 valence electrons. The average Bonchev–Trinajstić information content (AvgIpc) is 2.56. The van der Waals surface area contributed by atoms with Gasteiger partial charge in [-0.15, -0.1) is 0 Å². The molecule has 5 rings (SSSR count). The van der Waals surface area contributed by atoms with Gasteiger partial charge in [-0.3, -0.25) is 4.90 Å². The van der Waals surface area contributed by atoms with E-state index in [1.807, 2.05) is 12.1 Å². The fourth-order valence-electron chi connectivity index (χ4n) is 4.29. The van der Waals surface area contributed by atoms with Gasteiger partial charge in [0.05, 0.1) is 0 Å². The van der Waals surface area contributed by atoms with Crippen molar-refractivity contribution >= 4 is 5.69 Å². The van der Waals surface area contributed by atoms with E-state index in [-0.39, 0.29) is 0 Å². The third-order valence-electron chi connectivity index (χ3n) is 5.60. The lowest BCUT2D eigenvalue weighted by molar-refractivity contribution is -1.19. The van der Waals surface area contributed by atoms with Crippen molar-refractivity contribution < 1.29 is 15.6 Å². The predicted molar refractivity (Wildman–Crippen MR) is 91.4 cm³/mol. The molecule has 2 aliphatic heterocycles. The summed E-state index contributed by atoms with van der Waals surface area (Å²) in [5.74, 6) is 0.747. The van der Waals surface area contributed by atoms with Crippen LogP contribution in [0.25, 0.3) is 0 Å². The smallest absolute Gasteiger partial charge is 0.197 e. The molecule has 1 aliphatic carbocycles. The van der Waals surface area contributed by atoms with E-state index < -0.39 is 5.23 Å². The summed E-state index contributed by atoms with van der Waals surface area (Å²) in [7, 11) is 0. The molecule has 3 N–H and O–H groups in total. The molecule has 0 radical (unpaired) electrons. The van der Waals surface area contributed by atoms with Crippen molar-refractivity contribution in [3.05, 3.63) is 65.2 Å². The lowest BCUT2D eigenvalue weighted by atomic mass is 9.80. The normalized spacial score (nSPS) is 23.8. The van der Waals surface area contributed by atoms with Crippen molar-refractivity contribution in [2.24, 2.45) is 5.92 Å². The van der Waals surface area contributed by atoms with Gasteiger partial charge in [0.2, 0.25) is 0 Å². The fraction of sp³-hybridized carbons (Fsp3) is 0.400. The number of rotatable bonds is 3. The molecule has 0 aromatic heterocycles. The van der Waals surface area contributed by atoms with E-state index in [9.17, 15) is 0 Å². The Bertz CT molecular complexity index is 699. The van der Waals surface area contributed by atoms with Crippen LogP contribution in [0, 0.1) is 5.92 Å². The van der Waals surface area contributed by atoms with Crippen LogP contribution in [-0.2, 0) is 19.4 Å². The second-order valence-corrected chi connectivity index (χ2v) is 7.22. The predicted octanol–water partition coefficient (Wildman–Crippen LogP) is 2.36. The molecule has 24 heavy (non-hydrogen) atoms. The van der Waals surface area contributed by atoms with Crippen LogP contribution in [0.1, 0.15) is 29.5 Å². The number of nitrogens with zero attached hydrogens (tertiary/aromatic N) is 1. The molecular formula is C20H25N2O2+. The average molecular weight is 325 g/mol. The highest BCUT2D eigenvalue weighted by Gasteiger charge is 2.31. The standard InChI is InChI=1S/C20H24N2O2/c23-22(24)19-8-5-15(6-9-19)13-21-14-16-7-10-20(21)12-18-4-2-1-3-17(18)11-16/h1-6,8-9,16,20,23-24H,7,10-14H2/p+1/t16-,20+/m1/s1. The Morgan fingerprint density at radius 1 is 0.917 bits per heavy atom. The Hall–Kier alpha value is -1.72. The topological polar surface area (TPSA) is 48.1 Å². The highest BCUT2D eigenvalue weighted by atomic mass is 16.8. The third kappa shape index (κ3) is 3.23. The minimum Gasteiger partial charge on any atom is -0.296 e. The summed E-state index contributed by atoms with van der Waals surface area (Å²) in [5.41, 5.74) is 4.78. The van der Waals surface area contributed by atoms with E-state index in [0.717, 1.165) is 25.4 Å². The first kappa shape index (κ1) is 15.8. The van der Waals surface area contributed by atoms with Crippen LogP contribution in [0.5, 0.6) is 0 Å². The highest BCUT2D eigenvalue weighted by Crippen LogP contribution is 2.33. The van der Waals surface area contributed by atoms with Gasteiger partial charge >= 0.3 is 0 Å². The molecule has 2 bridgehead atoms. The zero-order valence-electron chi connectivity index (χ0n) is 13.9. The van der Waals surface area contributed by atoms with Crippen molar-refractivity contribution in [2.75, 3.05) is 6.54 Å². The van der Waals surface area contributed by atoms with Crippen LogP contribution in [0.4, 0.5) is 5.69 Å². The van der Waals surface area contributed by atoms with Gasteiger partial charge in [-0.25, -0.2) is 0 Å². The minimum atomic E-state index is -0.608. The van der Waals surface area contributed by atoms with Gasteiger partial charge in [-0.2, -0.15) is 10.4 Å². The Morgan fingerprint density at radius 2 is 1.62 bits per heavy atom. The van der Waals surface area contributed by atoms with Gasteiger partial charge in [0.1, 0.15) is 0 Å². The molecule has 2 heterocycles. The number of hydrogen-bond donors (Lipinski definition) is 3. The van der Waals surface area contributed by atoms with Crippen LogP contribution >= 0.6 is 0 Å². The second-order valence-electron chi connectivity index (χ2n) is 7.22. The van der Waals surface area contributed by atoms with E-state index in [1.54, 1.807) is 17.7 Å². The summed E-state index contributed by atoms with van der Waals surface area (Å²) in [6.07, 6.45) is 4.96.